The van der Waals surface area contributed by atoms with Crippen LogP contribution in [0.4, 0.5) is 11.4 Å². The molecule has 150 valence electrons. The van der Waals surface area contributed by atoms with Gasteiger partial charge in [0, 0.05) is 24.8 Å². The highest BCUT2D eigenvalue weighted by molar-refractivity contribution is 7.89. The first kappa shape index (κ1) is 20.5. The van der Waals surface area contributed by atoms with E-state index in [1.165, 1.54) is 17.5 Å². The van der Waals surface area contributed by atoms with Gasteiger partial charge in [-0.25, -0.2) is 8.42 Å². The van der Waals surface area contributed by atoms with Gasteiger partial charge in [-0.1, -0.05) is 17.7 Å². The average molecular weight is 422 g/mol. The predicted octanol–water partition coefficient (Wildman–Crippen LogP) is 2.83. The van der Waals surface area contributed by atoms with Crippen molar-refractivity contribution in [1.82, 2.24) is 4.31 Å². The third-order valence-electron chi connectivity index (χ3n) is 4.34. The van der Waals surface area contributed by atoms with Crippen LogP contribution >= 0.6 is 12.2 Å². The van der Waals surface area contributed by atoms with Crippen LogP contribution in [0.2, 0.25) is 0 Å². The maximum Gasteiger partial charge on any atom is 0.243 e. The number of aryl methyl sites for hydroxylation is 1. The zero-order valence-corrected chi connectivity index (χ0v) is 17.4. The zero-order valence-electron chi connectivity index (χ0n) is 15.8. The first-order valence-electron chi connectivity index (χ1n) is 8.81. The first-order valence-corrected chi connectivity index (χ1v) is 10.7. The number of anilines is 2. The van der Waals surface area contributed by atoms with Crippen molar-refractivity contribution in [2.75, 3.05) is 44.0 Å². The number of rotatable bonds is 5. The van der Waals surface area contributed by atoms with Crippen molar-refractivity contribution in [3.63, 3.8) is 0 Å². The summed E-state index contributed by atoms with van der Waals surface area (Å²) in [6.45, 7) is 3.49. The summed E-state index contributed by atoms with van der Waals surface area (Å²) in [7, 11) is -2.11. The Morgan fingerprint density at radius 2 is 1.79 bits per heavy atom. The quantitative estimate of drug-likeness (QED) is 0.719. The topological polar surface area (TPSA) is 79.9 Å². The van der Waals surface area contributed by atoms with Gasteiger partial charge < -0.3 is 20.1 Å². The van der Waals surface area contributed by atoms with Crippen LogP contribution in [0.15, 0.2) is 47.4 Å². The molecular weight excluding hydrogens is 398 g/mol. The lowest BCUT2D eigenvalue weighted by Crippen LogP contribution is -2.40. The third-order valence-corrected chi connectivity index (χ3v) is 6.44. The highest BCUT2D eigenvalue weighted by Crippen LogP contribution is 2.29. The average Bonchev–Trinajstić information content (AvgIpc) is 2.70. The molecule has 0 amide bonds. The Kier molecular flexibility index (Phi) is 6.50. The number of hydrogen-bond donors (Lipinski definition) is 2. The van der Waals surface area contributed by atoms with Crippen molar-refractivity contribution >= 4 is 38.7 Å². The Hall–Kier alpha value is -2.20. The van der Waals surface area contributed by atoms with E-state index < -0.39 is 10.0 Å². The van der Waals surface area contributed by atoms with Gasteiger partial charge in [-0.2, -0.15) is 4.31 Å². The third kappa shape index (κ3) is 4.79. The van der Waals surface area contributed by atoms with Crippen molar-refractivity contribution in [2.45, 2.75) is 11.8 Å². The molecule has 3 rings (SSSR count). The fourth-order valence-corrected chi connectivity index (χ4v) is 4.44. The number of nitrogens with one attached hydrogen (secondary N) is 2. The molecule has 7 nitrogen and oxygen atoms in total. The van der Waals surface area contributed by atoms with E-state index in [4.69, 9.17) is 21.7 Å². The van der Waals surface area contributed by atoms with Gasteiger partial charge in [-0.3, -0.25) is 0 Å². The summed E-state index contributed by atoms with van der Waals surface area (Å²) in [4.78, 5) is 0.175. The van der Waals surface area contributed by atoms with Crippen molar-refractivity contribution in [1.29, 1.82) is 0 Å². The summed E-state index contributed by atoms with van der Waals surface area (Å²) < 4.78 is 37.7. The molecule has 0 atom stereocenters. The fraction of sp³-hybridized carbons (Fsp3) is 0.316. The molecule has 0 radical (unpaired) electrons. The van der Waals surface area contributed by atoms with Crippen LogP contribution in [0.3, 0.4) is 0 Å². The molecule has 0 aromatic heterocycles. The first-order chi connectivity index (χ1) is 13.4. The van der Waals surface area contributed by atoms with E-state index in [0.29, 0.717) is 42.9 Å². The Morgan fingerprint density at radius 3 is 2.43 bits per heavy atom. The standard InChI is InChI=1S/C19H23N3O4S2/c1-14-3-5-15(6-4-14)20-19(27)21-17-8-7-16(13-18(17)25-2)28(23,24)22-9-11-26-12-10-22/h3-8,13H,9-12H2,1-2H3,(H2,20,21,27). The summed E-state index contributed by atoms with van der Waals surface area (Å²) in [5.74, 6) is 0.391. The SMILES string of the molecule is COc1cc(S(=O)(=O)N2CCOCC2)ccc1NC(=S)Nc1ccc(C)cc1. The van der Waals surface area contributed by atoms with Gasteiger partial charge in [0.2, 0.25) is 10.0 Å². The van der Waals surface area contributed by atoms with Crippen molar-refractivity contribution < 1.29 is 17.9 Å². The smallest absolute Gasteiger partial charge is 0.243 e. The molecule has 1 aliphatic rings. The molecule has 0 unspecified atom stereocenters. The summed E-state index contributed by atoms with van der Waals surface area (Å²) in [6, 6.07) is 12.5. The van der Waals surface area contributed by atoms with Crippen LogP contribution in [0, 0.1) is 6.92 Å². The molecule has 1 saturated heterocycles. The number of sulfonamides is 1. The Labute approximate surface area is 170 Å². The molecule has 28 heavy (non-hydrogen) atoms. The molecule has 0 bridgehead atoms. The van der Waals surface area contributed by atoms with Gasteiger partial charge in [0.1, 0.15) is 5.75 Å². The number of morpholine rings is 1. The van der Waals surface area contributed by atoms with Gasteiger partial charge in [-0.15, -0.1) is 0 Å². The number of ether oxygens (including phenoxy) is 2. The number of methoxy groups -OCH3 is 1. The van der Waals surface area contributed by atoms with E-state index in [1.54, 1.807) is 12.1 Å². The Morgan fingerprint density at radius 1 is 1.11 bits per heavy atom. The van der Waals surface area contributed by atoms with Crippen molar-refractivity contribution in [3.05, 3.63) is 48.0 Å². The van der Waals surface area contributed by atoms with E-state index in [2.05, 4.69) is 10.6 Å². The molecule has 2 aromatic carbocycles. The van der Waals surface area contributed by atoms with Gasteiger partial charge in [0.25, 0.3) is 0 Å². The molecule has 1 fully saturated rings. The molecule has 9 heteroatoms. The Balaban J connectivity index is 1.75. The van der Waals surface area contributed by atoms with E-state index in [-0.39, 0.29) is 4.90 Å². The summed E-state index contributed by atoms with van der Waals surface area (Å²) >= 11 is 5.35. The lowest BCUT2D eigenvalue weighted by molar-refractivity contribution is 0.0730. The van der Waals surface area contributed by atoms with Crippen LogP contribution in [-0.4, -0.2) is 51.2 Å². The maximum atomic E-state index is 12.8. The monoisotopic (exact) mass is 421 g/mol. The molecule has 1 heterocycles. The minimum Gasteiger partial charge on any atom is -0.495 e. The second-order valence-corrected chi connectivity index (χ2v) is 8.67. The zero-order chi connectivity index (χ0) is 20.1. The number of nitrogens with zero attached hydrogens (tertiary/aromatic N) is 1. The highest BCUT2D eigenvalue weighted by atomic mass is 32.2. The summed E-state index contributed by atoms with van der Waals surface area (Å²) in [5.41, 5.74) is 2.59. The second kappa shape index (κ2) is 8.87. The molecule has 2 aromatic rings. The summed E-state index contributed by atoms with van der Waals surface area (Å²) in [5, 5.41) is 6.52. The van der Waals surface area contributed by atoms with E-state index >= 15 is 0 Å². The lowest BCUT2D eigenvalue weighted by atomic mass is 10.2. The van der Waals surface area contributed by atoms with Gasteiger partial charge in [0.15, 0.2) is 5.11 Å². The molecule has 0 saturated carbocycles. The largest absolute Gasteiger partial charge is 0.495 e. The molecule has 2 N–H and O–H groups in total. The van der Waals surface area contributed by atoms with Crippen molar-refractivity contribution in [2.24, 2.45) is 0 Å². The van der Waals surface area contributed by atoms with Gasteiger partial charge >= 0.3 is 0 Å². The van der Waals surface area contributed by atoms with E-state index in [1.807, 2.05) is 31.2 Å². The molecular formula is C19H23N3O4S2. The van der Waals surface area contributed by atoms with Crippen LogP contribution in [-0.2, 0) is 14.8 Å². The van der Waals surface area contributed by atoms with Gasteiger partial charge in [0.05, 0.1) is 30.9 Å². The number of hydrogen-bond acceptors (Lipinski definition) is 5. The minimum absolute atomic E-state index is 0.175. The van der Waals surface area contributed by atoms with Crippen LogP contribution in [0.5, 0.6) is 5.75 Å². The summed E-state index contributed by atoms with van der Waals surface area (Å²) in [6.07, 6.45) is 0. The fourth-order valence-electron chi connectivity index (χ4n) is 2.79. The molecule has 0 spiro atoms. The minimum atomic E-state index is -3.60. The predicted molar refractivity (Wildman–Crippen MR) is 114 cm³/mol. The van der Waals surface area contributed by atoms with E-state index in [0.717, 1.165) is 11.3 Å². The number of benzene rings is 2. The number of thiocarbonyl (C=S) groups is 1. The lowest BCUT2D eigenvalue weighted by Gasteiger charge is -2.26. The van der Waals surface area contributed by atoms with Gasteiger partial charge in [-0.05, 0) is 43.4 Å². The van der Waals surface area contributed by atoms with Crippen LogP contribution < -0.4 is 15.4 Å². The molecule has 1 aliphatic heterocycles. The normalized spacial score (nSPS) is 15.1. The highest BCUT2D eigenvalue weighted by Gasteiger charge is 2.27. The van der Waals surface area contributed by atoms with Crippen LogP contribution in [0.25, 0.3) is 0 Å². The van der Waals surface area contributed by atoms with Crippen LogP contribution in [0.1, 0.15) is 5.56 Å². The Bertz CT molecular complexity index is 940. The molecule has 0 aliphatic carbocycles. The van der Waals surface area contributed by atoms with E-state index in [9.17, 15) is 8.42 Å². The maximum absolute atomic E-state index is 12.8. The van der Waals surface area contributed by atoms with Crippen molar-refractivity contribution in [3.8, 4) is 5.75 Å². The second-order valence-electron chi connectivity index (χ2n) is 6.32.